The molecule has 20 heavy (non-hydrogen) atoms. The monoisotopic (exact) mass is 289 g/mol. The van der Waals surface area contributed by atoms with Crippen molar-refractivity contribution >= 4 is 10.0 Å². The van der Waals surface area contributed by atoms with Crippen LogP contribution < -0.4 is 10.0 Å². The van der Waals surface area contributed by atoms with Gasteiger partial charge in [0.05, 0.1) is 4.90 Å². The van der Waals surface area contributed by atoms with Crippen molar-refractivity contribution in [1.29, 1.82) is 0 Å². The lowest BCUT2D eigenvalue weighted by Crippen LogP contribution is -2.29. The summed E-state index contributed by atoms with van der Waals surface area (Å²) in [5.41, 5.74) is 1.12. The molecule has 105 valence electrons. The van der Waals surface area contributed by atoms with Crippen LogP contribution in [0.2, 0.25) is 0 Å². The third kappa shape index (κ3) is 4.45. The predicted octanol–water partition coefficient (Wildman–Crippen LogP) is 1.77. The van der Waals surface area contributed by atoms with Gasteiger partial charge in [-0.3, -0.25) is 0 Å². The molecule has 2 aromatic rings. The Balaban J connectivity index is 1.74. The molecule has 1 N–H and O–H groups in total. The molecule has 0 unspecified atom stereocenters. The molecule has 0 aliphatic heterocycles. The van der Waals surface area contributed by atoms with E-state index in [-0.39, 0.29) is 4.90 Å². The summed E-state index contributed by atoms with van der Waals surface area (Å²) in [7, 11) is -3.42. The van der Waals surface area contributed by atoms with Gasteiger partial charge in [0.1, 0.15) is 0 Å². The Bertz CT molecular complexity index is 613. The van der Waals surface area contributed by atoms with Crippen molar-refractivity contribution in [1.82, 2.24) is 10.0 Å². The lowest BCUT2D eigenvalue weighted by molar-refractivity contribution is 0.574. The van der Waals surface area contributed by atoms with Crippen molar-refractivity contribution in [3.63, 3.8) is 0 Å². The molecule has 5 heteroatoms. The maximum absolute atomic E-state index is 11.9. The summed E-state index contributed by atoms with van der Waals surface area (Å²) in [6.07, 6.45) is 0. The van der Waals surface area contributed by atoms with Gasteiger partial charge in [-0.05, 0) is 17.7 Å². The molecular formula is C15H17N2O2S. The molecular weight excluding hydrogens is 272 g/mol. The standard InChI is InChI=1S/C15H17N2O2S/c18-20(19,15-9-5-2-6-10-15)17-12-11-16-13-14-7-3-1-4-8-14/h1-10,17H,11-13H2. The molecule has 0 aliphatic rings. The van der Waals surface area contributed by atoms with E-state index in [2.05, 4.69) is 10.0 Å². The van der Waals surface area contributed by atoms with Gasteiger partial charge >= 0.3 is 0 Å². The topological polar surface area (TPSA) is 60.3 Å². The summed E-state index contributed by atoms with van der Waals surface area (Å²) in [5, 5.41) is 4.31. The Morgan fingerprint density at radius 3 is 2.15 bits per heavy atom. The second-order valence-electron chi connectivity index (χ2n) is 4.30. The summed E-state index contributed by atoms with van der Waals surface area (Å²) in [6.45, 7) is 1.37. The number of hydrogen-bond acceptors (Lipinski definition) is 2. The fourth-order valence-corrected chi connectivity index (χ4v) is 2.78. The average Bonchev–Trinajstić information content (AvgIpc) is 2.49. The van der Waals surface area contributed by atoms with E-state index < -0.39 is 10.0 Å². The van der Waals surface area contributed by atoms with Crippen molar-refractivity contribution in [3.8, 4) is 0 Å². The average molecular weight is 289 g/mol. The van der Waals surface area contributed by atoms with Gasteiger partial charge in [0, 0.05) is 19.6 Å². The summed E-state index contributed by atoms with van der Waals surface area (Å²) in [6, 6.07) is 18.2. The molecule has 1 radical (unpaired) electrons. The van der Waals surface area contributed by atoms with Gasteiger partial charge in [-0.1, -0.05) is 48.5 Å². The molecule has 0 aliphatic carbocycles. The highest BCUT2D eigenvalue weighted by molar-refractivity contribution is 7.89. The first-order chi connectivity index (χ1) is 9.68. The van der Waals surface area contributed by atoms with E-state index in [1.165, 1.54) is 0 Å². The molecule has 0 fully saturated rings. The third-order valence-electron chi connectivity index (χ3n) is 2.75. The first-order valence-corrected chi connectivity index (χ1v) is 7.89. The first-order valence-electron chi connectivity index (χ1n) is 6.40. The minimum atomic E-state index is -3.42. The van der Waals surface area contributed by atoms with Crippen LogP contribution in [0.1, 0.15) is 5.56 Å². The molecule has 0 amide bonds. The zero-order valence-electron chi connectivity index (χ0n) is 11.1. The van der Waals surface area contributed by atoms with Crippen LogP contribution in [0.5, 0.6) is 0 Å². The van der Waals surface area contributed by atoms with Crippen molar-refractivity contribution in [2.45, 2.75) is 11.4 Å². The lowest BCUT2D eigenvalue weighted by Gasteiger charge is -2.06. The van der Waals surface area contributed by atoms with Crippen LogP contribution in [0, 0.1) is 0 Å². The molecule has 0 bridgehead atoms. The SMILES string of the molecule is O=S(=O)(NCC[N]Cc1ccccc1)c1ccccc1. The van der Waals surface area contributed by atoms with E-state index in [0.29, 0.717) is 19.6 Å². The van der Waals surface area contributed by atoms with Crippen LogP contribution in [0.25, 0.3) is 0 Å². The van der Waals surface area contributed by atoms with Crippen LogP contribution in [0.15, 0.2) is 65.6 Å². The van der Waals surface area contributed by atoms with E-state index in [1.807, 2.05) is 30.3 Å². The second-order valence-corrected chi connectivity index (χ2v) is 6.07. The zero-order valence-corrected chi connectivity index (χ0v) is 11.9. The van der Waals surface area contributed by atoms with Crippen LogP contribution >= 0.6 is 0 Å². The highest BCUT2D eigenvalue weighted by Gasteiger charge is 2.11. The van der Waals surface area contributed by atoms with Crippen molar-refractivity contribution in [2.75, 3.05) is 13.1 Å². The highest BCUT2D eigenvalue weighted by atomic mass is 32.2. The second kappa shape index (κ2) is 7.19. The van der Waals surface area contributed by atoms with Gasteiger partial charge in [-0.25, -0.2) is 18.5 Å². The van der Waals surface area contributed by atoms with E-state index >= 15 is 0 Å². The fourth-order valence-electron chi connectivity index (χ4n) is 1.73. The number of rotatable bonds is 7. The summed E-state index contributed by atoms with van der Waals surface area (Å²) in [5.74, 6) is 0. The molecule has 0 saturated carbocycles. The highest BCUT2D eigenvalue weighted by Crippen LogP contribution is 2.06. The molecule has 0 saturated heterocycles. The maximum Gasteiger partial charge on any atom is 0.240 e. The molecule has 2 rings (SSSR count). The van der Waals surface area contributed by atoms with Crippen LogP contribution in [-0.2, 0) is 16.6 Å². The van der Waals surface area contributed by atoms with E-state index in [1.54, 1.807) is 30.3 Å². The molecule has 2 aromatic carbocycles. The third-order valence-corrected chi connectivity index (χ3v) is 4.23. The van der Waals surface area contributed by atoms with Gasteiger partial charge in [0.2, 0.25) is 10.0 Å². The lowest BCUT2D eigenvalue weighted by atomic mass is 10.2. The summed E-state index contributed by atoms with van der Waals surface area (Å²) in [4.78, 5) is 0.281. The zero-order chi connectivity index (χ0) is 14.3. The Morgan fingerprint density at radius 2 is 1.50 bits per heavy atom. The maximum atomic E-state index is 11.9. The Morgan fingerprint density at radius 1 is 0.900 bits per heavy atom. The molecule has 0 heterocycles. The van der Waals surface area contributed by atoms with Gasteiger partial charge in [0.25, 0.3) is 0 Å². The quantitative estimate of drug-likeness (QED) is 0.790. The first kappa shape index (κ1) is 14.7. The molecule has 0 spiro atoms. The van der Waals surface area contributed by atoms with Crippen LogP contribution in [0.3, 0.4) is 0 Å². The number of sulfonamides is 1. The van der Waals surface area contributed by atoms with Gasteiger partial charge < -0.3 is 0 Å². The van der Waals surface area contributed by atoms with E-state index in [9.17, 15) is 8.42 Å². The summed E-state index contributed by atoms with van der Waals surface area (Å²) >= 11 is 0. The van der Waals surface area contributed by atoms with Gasteiger partial charge in [0.15, 0.2) is 0 Å². The van der Waals surface area contributed by atoms with Gasteiger partial charge in [-0.2, -0.15) is 0 Å². The van der Waals surface area contributed by atoms with Crippen molar-refractivity contribution < 1.29 is 8.42 Å². The van der Waals surface area contributed by atoms with Crippen LogP contribution in [-0.4, -0.2) is 21.5 Å². The van der Waals surface area contributed by atoms with Crippen LogP contribution in [0.4, 0.5) is 0 Å². The largest absolute Gasteiger partial charge is 0.240 e. The molecule has 4 nitrogen and oxygen atoms in total. The number of nitrogens with one attached hydrogen (secondary N) is 1. The van der Waals surface area contributed by atoms with Gasteiger partial charge in [-0.15, -0.1) is 0 Å². The Hall–Kier alpha value is -1.69. The summed E-state index contributed by atoms with van der Waals surface area (Å²) < 4.78 is 26.4. The molecule has 0 aromatic heterocycles. The fraction of sp³-hybridized carbons (Fsp3) is 0.200. The smallest absolute Gasteiger partial charge is 0.236 e. The van der Waals surface area contributed by atoms with E-state index in [0.717, 1.165) is 5.56 Å². The minimum Gasteiger partial charge on any atom is -0.236 e. The minimum absolute atomic E-state index is 0.281. The Labute approximate surface area is 119 Å². The number of benzene rings is 2. The normalized spacial score (nSPS) is 11.4. The number of nitrogens with zero attached hydrogens (tertiary/aromatic N) is 1. The van der Waals surface area contributed by atoms with Crippen molar-refractivity contribution in [2.24, 2.45) is 0 Å². The van der Waals surface area contributed by atoms with Crippen molar-refractivity contribution in [3.05, 3.63) is 66.2 Å². The number of hydrogen-bond donors (Lipinski definition) is 1. The van der Waals surface area contributed by atoms with E-state index in [4.69, 9.17) is 0 Å². The molecule has 0 atom stereocenters. The predicted molar refractivity (Wildman–Crippen MR) is 78.8 cm³/mol. The Kier molecular flexibility index (Phi) is 5.29.